The molecule has 0 saturated heterocycles. The van der Waals surface area contributed by atoms with E-state index in [-0.39, 0.29) is 11.8 Å². The van der Waals surface area contributed by atoms with Gasteiger partial charge in [0, 0.05) is 12.8 Å². The van der Waals surface area contributed by atoms with Crippen molar-refractivity contribution < 1.29 is 9.59 Å². The molecular formula is C28H38N4O2. The van der Waals surface area contributed by atoms with E-state index in [2.05, 4.69) is 21.1 Å². The maximum atomic E-state index is 12.1. The molecule has 0 aliphatic rings. The summed E-state index contributed by atoms with van der Waals surface area (Å²) in [5.41, 5.74) is 11.5. The first-order valence-corrected chi connectivity index (χ1v) is 12.3. The number of amides is 2. The van der Waals surface area contributed by atoms with E-state index in [1.54, 1.807) is 0 Å². The number of unbranched alkanes of at least 4 members (excludes halogenated alkanes) is 3. The molecule has 0 spiro atoms. The number of hydrazone groups is 2. The van der Waals surface area contributed by atoms with Crippen LogP contribution in [0.1, 0.15) is 87.5 Å². The first-order valence-electron chi connectivity index (χ1n) is 12.3. The zero-order valence-corrected chi connectivity index (χ0v) is 21.0. The number of carbonyl (C=O) groups excluding carboxylic acids is 2. The third-order valence-corrected chi connectivity index (χ3v) is 5.63. The van der Waals surface area contributed by atoms with Gasteiger partial charge in [-0.1, -0.05) is 86.3 Å². The van der Waals surface area contributed by atoms with E-state index >= 15 is 0 Å². The van der Waals surface area contributed by atoms with Crippen molar-refractivity contribution in [1.29, 1.82) is 0 Å². The van der Waals surface area contributed by atoms with Gasteiger partial charge in [-0.05, 0) is 50.7 Å². The number of nitrogens with one attached hydrogen (secondary N) is 2. The van der Waals surface area contributed by atoms with Gasteiger partial charge in [0.15, 0.2) is 0 Å². The summed E-state index contributed by atoms with van der Waals surface area (Å²) in [6, 6.07) is 16.3. The van der Waals surface area contributed by atoms with Gasteiger partial charge in [0.25, 0.3) is 0 Å². The van der Waals surface area contributed by atoms with Crippen molar-refractivity contribution in [3.05, 3.63) is 70.8 Å². The lowest BCUT2D eigenvalue weighted by Gasteiger charge is -2.06. The van der Waals surface area contributed by atoms with Crippen molar-refractivity contribution in [2.45, 2.75) is 79.1 Å². The molecule has 0 aromatic heterocycles. The molecule has 2 amide bonds. The van der Waals surface area contributed by atoms with E-state index in [1.807, 2.05) is 76.2 Å². The normalized spacial score (nSPS) is 11.9. The summed E-state index contributed by atoms with van der Waals surface area (Å²) >= 11 is 0. The molecule has 2 N–H and O–H groups in total. The van der Waals surface area contributed by atoms with Crippen LogP contribution in [0.5, 0.6) is 0 Å². The number of hydrogen-bond donors (Lipinski definition) is 2. The van der Waals surface area contributed by atoms with Crippen LogP contribution >= 0.6 is 0 Å². The highest BCUT2D eigenvalue weighted by Gasteiger charge is 2.06. The Morgan fingerprint density at radius 1 is 0.618 bits per heavy atom. The van der Waals surface area contributed by atoms with Gasteiger partial charge in [-0.2, -0.15) is 10.2 Å². The van der Waals surface area contributed by atoms with E-state index in [4.69, 9.17) is 0 Å². The Kier molecular flexibility index (Phi) is 11.7. The predicted molar refractivity (Wildman–Crippen MR) is 140 cm³/mol. The summed E-state index contributed by atoms with van der Waals surface area (Å²) in [5, 5.41) is 8.60. The first-order chi connectivity index (χ1) is 16.4. The minimum atomic E-state index is -0.0756. The molecule has 2 aromatic rings. The predicted octanol–water partition coefficient (Wildman–Crippen LogP) is 5.80. The minimum Gasteiger partial charge on any atom is -0.273 e. The molecular weight excluding hydrogens is 424 g/mol. The lowest BCUT2D eigenvalue weighted by Crippen LogP contribution is -2.20. The maximum absolute atomic E-state index is 12.1. The highest BCUT2D eigenvalue weighted by molar-refractivity contribution is 6.01. The molecule has 2 aromatic carbocycles. The van der Waals surface area contributed by atoms with Crippen LogP contribution in [-0.2, 0) is 9.59 Å². The summed E-state index contributed by atoms with van der Waals surface area (Å²) in [6.07, 6.45) is 5.72. The quantitative estimate of drug-likeness (QED) is 0.224. The molecule has 34 heavy (non-hydrogen) atoms. The average molecular weight is 463 g/mol. The molecule has 0 fully saturated rings. The summed E-state index contributed by atoms with van der Waals surface area (Å²) in [7, 11) is 0. The minimum absolute atomic E-state index is 0.0756. The Balaban J connectivity index is 1.63. The molecule has 0 saturated carbocycles. The monoisotopic (exact) mass is 462 g/mol. The van der Waals surface area contributed by atoms with Crippen LogP contribution in [0.3, 0.4) is 0 Å². The number of hydrogen-bond acceptors (Lipinski definition) is 4. The fraction of sp³-hybridized carbons (Fsp3) is 0.429. The molecule has 182 valence electrons. The number of aryl methyl sites for hydroxylation is 2. The van der Waals surface area contributed by atoms with Gasteiger partial charge >= 0.3 is 0 Å². The molecule has 0 aliphatic heterocycles. The van der Waals surface area contributed by atoms with Crippen LogP contribution in [0.25, 0.3) is 0 Å². The zero-order valence-electron chi connectivity index (χ0n) is 21.0. The Bertz CT molecular complexity index is 895. The van der Waals surface area contributed by atoms with Crippen LogP contribution in [0.4, 0.5) is 0 Å². The second kappa shape index (κ2) is 14.8. The highest BCUT2D eigenvalue weighted by Crippen LogP contribution is 2.09. The number of rotatable bonds is 13. The molecule has 0 bridgehead atoms. The van der Waals surface area contributed by atoms with Gasteiger partial charge in [-0.3, -0.25) is 9.59 Å². The second-order valence-corrected chi connectivity index (χ2v) is 8.54. The fourth-order valence-electron chi connectivity index (χ4n) is 3.48. The third-order valence-electron chi connectivity index (χ3n) is 5.63. The van der Waals surface area contributed by atoms with Crippen molar-refractivity contribution in [2.24, 2.45) is 10.2 Å². The second-order valence-electron chi connectivity index (χ2n) is 8.54. The van der Waals surface area contributed by atoms with Gasteiger partial charge in [-0.15, -0.1) is 0 Å². The third kappa shape index (κ3) is 9.69. The molecule has 6 heteroatoms. The summed E-state index contributed by atoms with van der Waals surface area (Å²) < 4.78 is 0. The number of benzene rings is 2. The summed E-state index contributed by atoms with van der Waals surface area (Å²) in [6.45, 7) is 8.14. The smallest absolute Gasteiger partial charge is 0.240 e. The standard InChI is InChI=1S/C28H38N4O2/c1-5-25(23-17-13-21(3)14-18-23)29-31-27(33)11-9-7-8-10-12-28(34)32-30-26(6-2)24-19-15-22(4)16-20-24/h13-20H,5-12H2,1-4H3,(H,31,33)(H,32,34)/b29-25+,30-26+. The summed E-state index contributed by atoms with van der Waals surface area (Å²) in [5.74, 6) is -0.151. The molecule has 0 heterocycles. The summed E-state index contributed by atoms with van der Waals surface area (Å²) in [4.78, 5) is 24.2. The van der Waals surface area contributed by atoms with Gasteiger partial charge in [-0.25, -0.2) is 10.9 Å². The maximum Gasteiger partial charge on any atom is 0.240 e. The van der Waals surface area contributed by atoms with Gasteiger partial charge in [0.1, 0.15) is 0 Å². The van der Waals surface area contributed by atoms with Crippen LogP contribution in [0.2, 0.25) is 0 Å². The van der Waals surface area contributed by atoms with E-state index in [1.165, 1.54) is 11.1 Å². The molecule has 0 aliphatic carbocycles. The topological polar surface area (TPSA) is 82.9 Å². The molecule has 2 rings (SSSR count). The van der Waals surface area contributed by atoms with Crippen LogP contribution in [0, 0.1) is 13.8 Å². The zero-order chi connectivity index (χ0) is 24.8. The van der Waals surface area contributed by atoms with E-state index in [0.717, 1.165) is 61.1 Å². The van der Waals surface area contributed by atoms with Crippen molar-refractivity contribution in [3.63, 3.8) is 0 Å². The Morgan fingerprint density at radius 3 is 1.29 bits per heavy atom. The van der Waals surface area contributed by atoms with E-state index in [0.29, 0.717) is 12.8 Å². The molecule has 6 nitrogen and oxygen atoms in total. The molecule has 0 radical (unpaired) electrons. The van der Waals surface area contributed by atoms with Gasteiger partial charge in [0.05, 0.1) is 11.4 Å². The largest absolute Gasteiger partial charge is 0.273 e. The first kappa shape index (κ1) is 27.0. The van der Waals surface area contributed by atoms with Crippen molar-refractivity contribution >= 4 is 23.2 Å². The lowest BCUT2D eigenvalue weighted by atomic mass is 10.1. The molecule has 0 atom stereocenters. The Hall–Kier alpha value is -3.28. The highest BCUT2D eigenvalue weighted by atomic mass is 16.2. The lowest BCUT2D eigenvalue weighted by molar-refractivity contribution is -0.122. The van der Waals surface area contributed by atoms with E-state index < -0.39 is 0 Å². The van der Waals surface area contributed by atoms with Crippen molar-refractivity contribution in [2.75, 3.05) is 0 Å². The van der Waals surface area contributed by atoms with Crippen LogP contribution in [-0.4, -0.2) is 23.2 Å². The van der Waals surface area contributed by atoms with Gasteiger partial charge in [0.2, 0.25) is 11.8 Å². The SMILES string of the molecule is CC/C(=N\NC(=O)CCCCCCC(=O)N/N=C(\CC)c1ccc(C)cc1)c1ccc(C)cc1. The van der Waals surface area contributed by atoms with Gasteiger partial charge < -0.3 is 0 Å². The fourth-order valence-corrected chi connectivity index (χ4v) is 3.48. The number of carbonyl (C=O) groups is 2. The van der Waals surface area contributed by atoms with E-state index in [9.17, 15) is 9.59 Å². The molecule has 0 unspecified atom stereocenters. The average Bonchev–Trinajstić information content (AvgIpc) is 2.84. The van der Waals surface area contributed by atoms with Crippen molar-refractivity contribution in [1.82, 2.24) is 10.9 Å². The Morgan fingerprint density at radius 2 is 0.971 bits per heavy atom. The number of nitrogens with zero attached hydrogens (tertiary/aromatic N) is 2. The van der Waals surface area contributed by atoms with Crippen molar-refractivity contribution in [3.8, 4) is 0 Å². The van der Waals surface area contributed by atoms with Crippen LogP contribution in [0.15, 0.2) is 58.7 Å². The van der Waals surface area contributed by atoms with Crippen LogP contribution < -0.4 is 10.9 Å². The Labute approximate surface area is 203 Å².